The van der Waals surface area contributed by atoms with Crippen molar-refractivity contribution in [3.63, 3.8) is 0 Å². The second kappa shape index (κ2) is 5.12. The van der Waals surface area contributed by atoms with Gasteiger partial charge in [-0.05, 0) is 27.0 Å². The number of carbonyl (C=O) groups excluding carboxylic acids is 1. The van der Waals surface area contributed by atoms with E-state index in [4.69, 9.17) is 0 Å². The van der Waals surface area contributed by atoms with Gasteiger partial charge in [-0.1, -0.05) is 0 Å². The molecule has 0 saturated carbocycles. The number of likely N-dealkylation sites (N-methyl/N-ethyl adjacent to an activating group) is 1. The number of hydrogen-bond acceptors (Lipinski definition) is 3. The molecule has 0 saturated heterocycles. The maximum absolute atomic E-state index is 11.7. The van der Waals surface area contributed by atoms with Gasteiger partial charge in [0, 0.05) is 31.9 Å². The van der Waals surface area contributed by atoms with Crippen LogP contribution < -0.4 is 10.6 Å². The molecule has 0 unspecified atom stereocenters. The third-order valence-corrected chi connectivity index (χ3v) is 2.78. The number of nitrogens with one attached hydrogen (secondary N) is 2. The highest BCUT2D eigenvalue weighted by Crippen LogP contribution is 2.01. The molecule has 5 heteroatoms. The van der Waals surface area contributed by atoms with Gasteiger partial charge in [0.2, 0.25) is 5.91 Å². The Hall–Kier alpha value is -1.36. The maximum atomic E-state index is 11.7. The van der Waals surface area contributed by atoms with Gasteiger partial charge in [0.05, 0.1) is 5.54 Å². The molecule has 2 N–H and O–H groups in total. The summed E-state index contributed by atoms with van der Waals surface area (Å²) in [5.41, 5.74) is 0.592. The predicted octanol–water partition coefficient (Wildman–Crippen LogP) is 0.0768. The SMILES string of the molecule is CNC(C)(C)C(=O)NCCc1ccnn1C. The Labute approximate surface area is 96.2 Å². The van der Waals surface area contributed by atoms with E-state index in [1.54, 1.807) is 13.2 Å². The monoisotopic (exact) mass is 224 g/mol. The molecule has 1 amide bonds. The lowest BCUT2D eigenvalue weighted by molar-refractivity contribution is -0.126. The summed E-state index contributed by atoms with van der Waals surface area (Å²) < 4.78 is 1.81. The average Bonchev–Trinajstić information content (AvgIpc) is 2.64. The molecule has 1 aromatic heterocycles. The van der Waals surface area contributed by atoms with Crippen LogP contribution in [0.2, 0.25) is 0 Å². The van der Waals surface area contributed by atoms with Crippen molar-refractivity contribution in [1.29, 1.82) is 0 Å². The third-order valence-electron chi connectivity index (χ3n) is 2.78. The maximum Gasteiger partial charge on any atom is 0.239 e. The zero-order valence-corrected chi connectivity index (χ0v) is 10.4. The van der Waals surface area contributed by atoms with Crippen LogP contribution in [-0.4, -0.2) is 34.8 Å². The zero-order chi connectivity index (χ0) is 12.2. The lowest BCUT2D eigenvalue weighted by Gasteiger charge is -2.22. The van der Waals surface area contributed by atoms with E-state index in [9.17, 15) is 4.79 Å². The van der Waals surface area contributed by atoms with Gasteiger partial charge < -0.3 is 10.6 Å². The smallest absolute Gasteiger partial charge is 0.239 e. The van der Waals surface area contributed by atoms with Crippen LogP contribution >= 0.6 is 0 Å². The van der Waals surface area contributed by atoms with Crippen LogP contribution in [0.15, 0.2) is 12.3 Å². The van der Waals surface area contributed by atoms with Gasteiger partial charge in [-0.2, -0.15) is 5.10 Å². The molecule has 16 heavy (non-hydrogen) atoms. The van der Waals surface area contributed by atoms with Crippen LogP contribution in [0.1, 0.15) is 19.5 Å². The van der Waals surface area contributed by atoms with E-state index in [1.165, 1.54) is 0 Å². The number of amides is 1. The van der Waals surface area contributed by atoms with Gasteiger partial charge in [0.15, 0.2) is 0 Å². The summed E-state index contributed by atoms with van der Waals surface area (Å²) in [4.78, 5) is 11.7. The first-order valence-corrected chi connectivity index (χ1v) is 5.41. The van der Waals surface area contributed by atoms with Gasteiger partial charge in [-0.25, -0.2) is 0 Å². The van der Waals surface area contributed by atoms with Crippen molar-refractivity contribution in [3.8, 4) is 0 Å². The summed E-state index contributed by atoms with van der Waals surface area (Å²) in [5.74, 6) is 0.0113. The quantitative estimate of drug-likeness (QED) is 0.744. The first kappa shape index (κ1) is 12.7. The highest BCUT2D eigenvalue weighted by molar-refractivity contribution is 5.85. The summed E-state index contributed by atoms with van der Waals surface area (Å²) >= 11 is 0. The minimum absolute atomic E-state index is 0.0113. The molecule has 0 aliphatic heterocycles. The topological polar surface area (TPSA) is 59.0 Å². The second-order valence-electron chi connectivity index (χ2n) is 4.33. The summed E-state index contributed by atoms with van der Waals surface area (Å²) in [7, 11) is 3.68. The van der Waals surface area contributed by atoms with Crippen molar-refractivity contribution in [2.45, 2.75) is 25.8 Å². The minimum Gasteiger partial charge on any atom is -0.354 e. The molecule has 0 aliphatic carbocycles. The van der Waals surface area contributed by atoms with Crippen molar-refractivity contribution in [2.24, 2.45) is 7.05 Å². The molecule has 1 rings (SSSR count). The highest BCUT2D eigenvalue weighted by atomic mass is 16.2. The van der Waals surface area contributed by atoms with Gasteiger partial charge >= 0.3 is 0 Å². The fourth-order valence-electron chi connectivity index (χ4n) is 1.29. The lowest BCUT2D eigenvalue weighted by Crippen LogP contribution is -2.51. The fourth-order valence-corrected chi connectivity index (χ4v) is 1.29. The van der Waals surface area contributed by atoms with Gasteiger partial charge in [0.1, 0.15) is 0 Å². The van der Waals surface area contributed by atoms with Crippen LogP contribution in [0.4, 0.5) is 0 Å². The molecule has 0 fully saturated rings. The van der Waals surface area contributed by atoms with Crippen molar-refractivity contribution >= 4 is 5.91 Å². The Morgan fingerprint density at radius 3 is 2.75 bits per heavy atom. The highest BCUT2D eigenvalue weighted by Gasteiger charge is 2.24. The average molecular weight is 224 g/mol. The van der Waals surface area contributed by atoms with E-state index in [2.05, 4.69) is 15.7 Å². The number of aryl methyl sites for hydroxylation is 1. The lowest BCUT2D eigenvalue weighted by atomic mass is 10.1. The molecule has 5 nitrogen and oxygen atoms in total. The first-order chi connectivity index (χ1) is 7.47. The first-order valence-electron chi connectivity index (χ1n) is 5.41. The van der Waals surface area contributed by atoms with E-state index in [-0.39, 0.29) is 5.91 Å². The predicted molar refractivity (Wildman–Crippen MR) is 63.1 cm³/mol. The Bertz CT molecular complexity index is 357. The van der Waals surface area contributed by atoms with E-state index in [0.717, 1.165) is 12.1 Å². The second-order valence-corrected chi connectivity index (χ2v) is 4.33. The molecule has 90 valence electrons. The van der Waals surface area contributed by atoms with Crippen LogP contribution in [0.3, 0.4) is 0 Å². The fraction of sp³-hybridized carbons (Fsp3) is 0.636. The summed E-state index contributed by atoms with van der Waals surface area (Å²) in [6.07, 6.45) is 2.55. The van der Waals surface area contributed by atoms with Crippen molar-refractivity contribution in [2.75, 3.05) is 13.6 Å². The van der Waals surface area contributed by atoms with Crippen molar-refractivity contribution in [1.82, 2.24) is 20.4 Å². The summed E-state index contributed by atoms with van der Waals surface area (Å²) in [6, 6.07) is 1.95. The molecule has 0 bridgehead atoms. The van der Waals surface area contributed by atoms with Crippen LogP contribution in [0, 0.1) is 0 Å². The standard InChI is InChI=1S/C11H20N4O/c1-11(2,12-3)10(16)13-7-5-9-6-8-14-15(9)4/h6,8,12H,5,7H2,1-4H3,(H,13,16). The van der Waals surface area contributed by atoms with Crippen molar-refractivity contribution in [3.05, 3.63) is 18.0 Å². The Morgan fingerprint density at radius 2 is 2.25 bits per heavy atom. The molecular weight excluding hydrogens is 204 g/mol. The van der Waals surface area contributed by atoms with Crippen molar-refractivity contribution < 1.29 is 4.79 Å². The van der Waals surface area contributed by atoms with E-state index < -0.39 is 5.54 Å². The van der Waals surface area contributed by atoms with E-state index in [0.29, 0.717) is 6.54 Å². The van der Waals surface area contributed by atoms with Gasteiger partial charge in [-0.15, -0.1) is 0 Å². The molecule has 0 radical (unpaired) electrons. The summed E-state index contributed by atoms with van der Waals surface area (Å²) in [5, 5.41) is 9.93. The number of aromatic nitrogens is 2. The zero-order valence-electron chi connectivity index (χ0n) is 10.4. The largest absolute Gasteiger partial charge is 0.354 e. The molecule has 0 aliphatic rings. The van der Waals surface area contributed by atoms with Gasteiger partial charge in [-0.3, -0.25) is 9.48 Å². The van der Waals surface area contributed by atoms with E-state index in [1.807, 2.05) is 31.6 Å². The Balaban J connectivity index is 2.37. The number of hydrogen-bond donors (Lipinski definition) is 2. The molecule has 0 aromatic carbocycles. The van der Waals surface area contributed by atoms with Crippen LogP contribution in [-0.2, 0) is 18.3 Å². The minimum atomic E-state index is -0.521. The van der Waals surface area contributed by atoms with Gasteiger partial charge in [0.25, 0.3) is 0 Å². The number of rotatable bonds is 5. The molecule has 0 spiro atoms. The normalized spacial score (nSPS) is 11.5. The molecular formula is C11H20N4O. The van der Waals surface area contributed by atoms with Crippen LogP contribution in [0.25, 0.3) is 0 Å². The number of nitrogens with zero attached hydrogens (tertiary/aromatic N) is 2. The molecule has 1 heterocycles. The number of carbonyl (C=O) groups is 1. The third kappa shape index (κ3) is 3.06. The summed E-state index contributed by atoms with van der Waals surface area (Å²) in [6.45, 7) is 4.34. The molecule has 1 aromatic rings. The molecule has 0 atom stereocenters. The Morgan fingerprint density at radius 1 is 1.56 bits per heavy atom. The Kier molecular flexibility index (Phi) is 4.06. The van der Waals surface area contributed by atoms with E-state index >= 15 is 0 Å². The van der Waals surface area contributed by atoms with Crippen LogP contribution in [0.5, 0.6) is 0 Å².